The minimum absolute atomic E-state index is 0.236. The van der Waals surface area contributed by atoms with Gasteiger partial charge >= 0.3 is 0 Å². The topological polar surface area (TPSA) is 12.0 Å². The number of allylic oxidation sites excluding steroid dienone is 2. The zero-order valence-corrected chi connectivity index (χ0v) is 11.1. The largest absolute Gasteiger partial charge is 0.312 e. The third-order valence-electron chi connectivity index (χ3n) is 2.24. The Morgan fingerprint density at radius 2 is 1.80 bits per heavy atom. The summed E-state index contributed by atoms with van der Waals surface area (Å²) in [5.74, 6) is 0. The van der Waals surface area contributed by atoms with Gasteiger partial charge in [-0.25, -0.2) is 0 Å². The lowest BCUT2D eigenvalue weighted by atomic mass is 10.1. The Labute approximate surface area is 95.7 Å². The van der Waals surface area contributed by atoms with Gasteiger partial charge in [-0.2, -0.15) is 0 Å². The Balaban J connectivity index is 3.63. The Bertz CT molecular complexity index is 218. The van der Waals surface area contributed by atoms with Crippen LogP contribution in [0.15, 0.2) is 23.8 Å². The molecule has 0 aromatic heterocycles. The minimum atomic E-state index is 0.236. The molecule has 0 atom stereocenters. The van der Waals surface area contributed by atoms with Gasteiger partial charge in [0.1, 0.15) is 0 Å². The smallest absolute Gasteiger partial charge is 0.00966 e. The first-order valence-corrected chi connectivity index (χ1v) is 5.86. The number of hydrogen-bond donors (Lipinski definition) is 1. The first-order valence-electron chi connectivity index (χ1n) is 5.86. The highest BCUT2D eigenvalue weighted by atomic mass is 14.9. The standard InChI is InChI=1S/C14H27N/c1-12(2)9-10-13(3)8-7-11-15-14(4,5)6/h8,15H,1,7,9-11H2,2-6H3. The van der Waals surface area contributed by atoms with Crippen LogP contribution in [0.1, 0.15) is 53.9 Å². The van der Waals surface area contributed by atoms with Crippen molar-refractivity contribution in [2.45, 2.75) is 59.4 Å². The van der Waals surface area contributed by atoms with E-state index in [1.165, 1.54) is 11.1 Å². The lowest BCUT2D eigenvalue weighted by molar-refractivity contribution is 0.431. The molecule has 0 aliphatic rings. The van der Waals surface area contributed by atoms with Crippen molar-refractivity contribution in [3.8, 4) is 0 Å². The van der Waals surface area contributed by atoms with Crippen LogP contribution in [0.25, 0.3) is 0 Å². The van der Waals surface area contributed by atoms with Gasteiger partial charge in [0.15, 0.2) is 0 Å². The van der Waals surface area contributed by atoms with Crippen molar-refractivity contribution in [3.05, 3.63) is 23.8 Å². The van der Waals surface area contributed by atoms with E-state index in [0.29, 0.717) is 0 Å². The van der Waals surface area contributed by atoms with Gasteiger partial charge in [-0.3, -0.25) is 0 Å². The van der Waals surface area contributed by atoms with Crippen LogP contribution in [0.4, 0.5) is 0 Å². The van der Waals surface area contributed by atoms with Crippen LogP contribution in [0.5, 0.6) is 0 Å². The van der Waals surface area contributed by atoms with Crippen LogP contribution in [0.2, 0.25) is 0 Å². The SMILES string of the molecule is C=C(C)CCC(C)=CCCNC(C)(C)C. The molecule has 0 saturated heterocycles. The molecule has 0 spiro atoms. The molecule has 0 aliphatic carbocycles. The van der Waals surface area contributed by atoms with E-state index in [1.54, 1.807) is 0 Å². The predicted octanol–water partition coefficient (Wildman–Crippen LogP) is 4.07. The Kier molecular flexibility index (Phi) is 6.58. The second-order valence-corrected chi connectivity index (χ2v) is 5.47. The number of hydrogen-bond acceptors (Lipinski definition) is 1. The number of nitrogens with one attached hydrogen (secondary N) is 1. The van der Waals surface area contributed by atoms with Crippen LogP contribution < -0.4 is 5.32 Å². The third-order valence-corrected chi connectivity index (χ3v) is 2.24. The van der Waals surface area contributed by atoms with Crippen LogP contribution in [-0.2, 0) is 0 Å². The molecular weight excluding hydrogens is 182 g/mol. The summed E-state index contributed by atoms with van der Waals surface area (Å²) in [6, 6.07) is 0. The summed E-state index contributed by atoms with van der Waals surface area (Å²) < 4.78 is 0. The Morgan fingerprint density at radius 1 is 1.20 bits per heavy atom. The summed E-state index contributed by atoms with van der Waals surface area (Å²) in [4.78, 5) is 0. The van der Waals surface area contributed by atoms with E-state index in [2.05, 4.69) is 52.6 Å². The molecule has 0 unspecified atom stereocenters. The van der Waals surface area contributed by atoms with Crippen molar-refractivity contribution in [3.63, 3.8) is 0 Å². The van der Waals surface area contributed by atoms with Gasteiger partial charge in [0, 0.05) is 5.54 Å². The van der Waals surface area contributed by atoms with Crippen LogP contribution >= 0.6 is 0 Å². The highest BCUT2D eigenvalue weighted by Crippen LogP contribution is 2.09. The fourth-order valence-corrected chi connectivity index (χ4v) is 1.28. The van der Waals surface area contributed by atoms with Gasteiger partial charge in [-0.15, -0.1) is 6.58 Å². The molecule has 0 amide bonds. The van der Waals surface area contributed by atoms with Crippen molar-refractivity contribution in [1.82, 2.24) is 5.32 Å². The van der Waals surface area contributed by atoms with Gasteiger partial charge in [0.2, 0.25) is 0 Å². The third kappa shape index (κ3) is 11.4. The normalized spacial score (nSPS) is 13.0. The highest BCUT2D eigenvalue weighted by molar-refractivity contribution is 5.02. The van der Waals surface area contributed by atoms with Crippen LogP contribution in [-0.4, -0.2) is 12.1 Å². The second-order valence-electron chi connectivity index (χ2n) is 5.47. The lowest BCUT2D eigenvalue weighted by Crippen LogP contribution is -2.36. The molecule has 1 heteroatoms. The maximum atomic E-state index is 3.92. The molecule has 0 aromatic carbocycles. The molecule has 0 rings (SSSR count). The highest BCUT2D eigenvalue weighted by Gasteiger charge is 2.06. The monoisotopic (exact) mass is 209 g/mol. The average molecular weight is 209 g/mol. The maximum Gasteiger partial charge on any atom is 0.00966 e. The van der Waals surface area contributed by atoms with E-state index in [-0.39, 0.29) is 5.54 Å². The predicted molar refractivity (Wildman–Crippen MR) is 70.2 cm³/mol. The minimum Gasteiger partial charge on any atom is -0.312 e. The molecule has 0 fully saturated rings. The summed E-state index contributed by atoms with van der Waals surface area (Å²) in [6.07, 6.45) is 5.74. The van der Waals surface area contributed by atoms with Crippen LogP contribution in [0, 0.1) is 0 Å². The maximum absolute atomic E-state index is 3.92. The summed E-state index contributed by atoms with van der Waals surface area (Å²) >= 11 is 0. The van der Waals surface area contributed by atoms with E-state index >= 15 is 0 Å². The van der Waals surface area contributed by atoms with E-state index < -0.39 is 0 Å². The Morgan fingerprint density at radius 3 is 2.27 bits per heavy atom. The first kappa shape index (κ1) is 14.4. The summed E-state index contributed by atoms with van der Waals surface area (Å²) in [5, 5.41) is 3.48. The Hall–Kier alpha value is -0.560. The summed E-state index contributed by atoms with van der Waals surface area (Å²) in [7, 11) is 0. The molecule has 1 nitrogen and oxygen atoms in total. The van der Waals surface area contributed by atoms with Gasteiger partial charge < -0.3 is 5.32 Å². The van der Waals surface area contributed by atoms with Crippen molar-refractivity contribution >= 4 is 0 Å². The molecular formula is C14H27N. The summed E-state index contributed by atoms with van der Waals surface area (Å²) in [5.41, 5.74) is 2.99. The fourth-order valence-electron chi connectivity index (χ4n) is 1.28. The van der Waals surface area contributed by atoms with Crippen molar-refractivity contribution < 1.29 is 0 Å². The van der Waals surface area contributed by atoms with E-state index in [1.807, 2.05) is 0 Å². The molecule has 15 heavy (non-hydrogen) atoms. The zero-order valence-electron chi connectivity index (χ0n) is 11.1. The summed E-state index contributed by atoms with van der Waals surface area (Å²) in [6.45, 7) is 15.9. The first-order chi connectivity index (χ1) is 6.81. The van der Waals surface area contributed by atoms with Crippen molar-refractivity contribution in [1.29, 1.82) is 0 Å². The molecule has 0 aliphatic heterocycles. The quantitative estimate of drug-likeness (QED) is 0.513. The molecule has 1 N–H and O–H groups in total. The van der Waals surface area contributed by atoms with Gasteiger partial charge in [-0.1, -0.05) is 17.2 Å². The fraction of sp³-hybridized carbons (Fsp3) is 0.714. The molecule has 0 aromatic rings. The van der Waals surface area contributed by atoms with E-state index in [9.17, 15) is 0 Å². The van der Waals surface area contributed by atoms with Crippen molar-refractivity contribution in [2.75, 3.05) is 6.54 Å². The second kappa shape index (κ2) is 6.84. The molecule has 88 valence electrons. The van der Waals surface area contributed by atoms with Gasteiger partial charge in [-0.05, 0) is 60.4 Å². The van der Waals surface area contributed by atoms with Crippen LogP contribution in [0.3, 0.4) is 0 Å². The van der Waals surface area contributed by atoms with E-state index in [4.69, 9.17) is 0 Å². The van der Waals surface area contributed by atoms with Gasteiger partial charge in [0.25, 0.3) is 0 Å². The van der Waals surface area contributed by atoms with Gasteiger partial charge in [0.05, 0.1) is 0 Å². The zero-order chi connectivity index (χ0) is 11.9. The van der Waals surface area contributed by atoms with Crippen molar-refractivity contribution in [2.24, 2.45) is 0 Å². The average Bonchev–Trinajstić information content (AvgIpc) is 2.07. The van der Waals surface area contributed by atoms with E-state index in [0.717, 1.165) is 25.8 Å². The molecule has 0 heterocycles. The molecule has 0 bridgehead atoms. The lowest BCUT2D eigenvalue weighted by Gasteiger charge is -2.19. The molecule has 0 saturated carbocycles. The number of rotatable bonds is 6. The molecule has 0 radical (unpaired) electrons.